The Bertz CT molecular complexity index is 954. The second-order valence-corrected chi connectivity index (χ2v) is 4.99. The number of nitrogens with one attached hydrogen (secondary N) is 3. The van der Waals surface area contributed by atoms with E-state index in [1.165, 1.54) is 0 Å². The number of carbonyl (C=O) groups is 1. The van der Waals surface area contributed by atoms with Crippen molar-refractivity contribution in [2.45, 2.75) is 6.54 Å². The molecule has 4 aromatic rings. The van der Waals surface area contributed by atoms with E-state index in [0.29, 0.717) is 17.9 Å². The zero-order valence-electron chi connectivity index (χ0n) is 11.6. The van der Waals surface area contributed by atoms with E-state index in [1.54, 1.807) is 18.3 Å². The van der Waals surface area contributed by atoms with Gasteiger partial charge in [-0.3, -0.25) is 4.79 Å². The lowest BCUT2D eigenvalue weighted by Gasteiger charge is -2.02. The van der Waals surface area contributed by atoms with Gasteiger partial charge in [0.1, 0.15) is 17.0 Å². The molecule has 22 heavy (non-hydrogen) atoms. The summed E-state index contributed by atoms with van der Waals surface area (Å²) >= 11 is 0. The van der Waals surface area contributed by atoms with E-state index in [-0.39, 0.29) is 5.91 Å². The first kappa shape index (κ1) is 12.6. The lowest BCUT2D eigenvalue weighted by Crippen LogP contribution is -2.23. The van der Waals surface area contributed by atoms with Gasteiger partial charge in [-0.1, -0.05) is 18.2 Å². The number of fused-ring (bicyclic) bond motifs is 3. The minimum atomic E-state index is -0.119. The van der Waals surface area contributed by atoms with Gasteiger partial charge < -0.3 is 15.3 Å². The van der Waals surface area contributed by atoms with E-state index in [4.69, 9.17) is 0 Å². The van der Waals surface area contributed by atoms with Crippen LogP contribution in [0, 0.1) is 0 Å². The normalized spacial score (nSPS) is 11.1. The molecule has 0 saturated carbocycles. The van der Waals surface area contributed by atoms with Crippen LogP contribution >= 0.6 is 0 Å². The summed E-state index contributed by atoms with van der Waals surface area (Å²) < 4.78 is 0. The average Bonchev–Trinajstić information content (AvgIpc) is 3.18. The van der Waals surface area contributed by atoms with E-state index < -0.39 is 0 Å². The number of imidazole rings is 1. The fourth-order valence-electron chi connectivity index (χ4n) is 2.47. The highest BCUT2D eigenvalue weighted by Gasteiger charge is 2.10. The summed E-state index contributed by atoms with van der Waals surface area (Å²) in [6, 6.07) is 11.1. The molecular formula is C16H13N5O. The standard InChI is InChI=1S/C16H13N5O/c22-16(10-4-2-1-3-5-10)19-9-13-20-12-8-18-15-11(6-7-17-15)14(12)21-13/h1-8H,9H2,(H,17,18)(H,19,22)(H,20,21). The van der Waals surface area contributed by atoms with Gasteiger partial charge in [0.2, 0.25) is 0 Å². The van der Waals surface area contributed by atoms with Gasteiger partial charge in [-0.25, -0.2) is 9.97 Å². The zero-order chi connectivity index (χ0) is 14.9. The molecule has 1 aromatic carbocycles. The smallest absolute Gasteiger partial charge is 0.251 e. The second-order valence-electron chi connectivity index (χ2n) is 4.99. The Morgan fingerprint density at radius 3 is 2.91 bits per heavy atom. The number of amides is 1. The third-order valence-corrected chi connectivity index (χ3v) is 3.54. The van der Waals surface area contributed by atoms with E-state index in [9.17, 15) is 4.79 Å². The van der Waals surface area contributed by atoms with Crippen LogP contribution in [0.5, 0.6) is 0 Å². The maximum Gasteiger partial charge on any atom is 0.251 e. The van der Waals surface area contributed by atoms with E-state index in [1.807, 2.05) is 30.5 Å². The summed E-state index contributed by atoms with van der Waals surface area (Å²) in [5.74, 6) is 0.584. The van der Waals surface area contributed by atoms with Crippen LogP contribution < -0.4 is 5.32 Å². The first-order valence-corrected chi connectivity index (χ1v) is 6.95. The van der Waals surface area contributed by atoms with Crippen molar-refractivity contribution in [3.05, 3.63) is 60.2 Å². The Balaban J connectivity index is 1.58. The number of H-pyrrole nitrogens is 2. The zero-order valence-corrected chi connectivity index (χ0v) is 11.6. The molecule has 0 aliphatic heterocycles. The molecular weight excluding hydrogens is 278 g/mol. The molecule has 0 spiro atoms. The van der Waals surface area contributed by atoms with Gasteiger partial charge in [-0.05, 0) is 18.2 Å². The SMILES string of the molecule is O=C(NCc1nc2cnc3[nH]ccc3c2[nH]1)c1ccccc1. The molecule has 0 atom stereocenters. The molecule has 0 aliphatic carbocycles. The highest BCUT2D eigenvalue weighted by Crippen LogP contribution is 2.20. The number of aromatic amines is 2. The average molecular weight is 291 g/mol. The number of rotatable bonds is 3. The van der Waals surface area contributed by atoms with Crippen molar-refractivity contribution < 1.29 is 4.79 Å². The van der Waals surface area contributed by atoms with Crippen LogP contribution in [0.25, 0.3) is 22.1 Å². The third-order valence-electron chi connectivity index (χ3n) is 3.54. The monoisotopic (exact) mass is 291 g/mol. The van der Waals surface area contributed by atoms with E-state index >= 15 is 0 Å². The van der Waals surface area contributed by atoms with Crippen molar-refractivity contribution in [3.8, 4) is 0 Å². The topological polar surface area (TPSA) is 86.5 Å². The highest BCUT2D eigenvalue weighted by molar-refractivity contribution is 6.00. The van der Waals surface area contributed by atoms with Gasteiger partial charge in [0.25, 0.3) is 5.91 Å². The molecule has 6 nitrogen and oxygen atoms in total. The van der Waals surface area contributed by atoms with Crippen LogP contribution in [0.2, 0.25) is 0 Å². The Labute approximate surface area is 125 Å². The minimum Gasteiger partial charge on any atom is -0.346 e. The molecule has 4 rings (SSSR count). The van der Waals surface area contributed by atoms with Crippen LogP contribution in [0.15, 0.2) is 48.8 Å². The van der Waals surface area contributed by atoms with Gasteiger partial charge in [0, 0.05) is 17.1 Å². The lowest BCUT2D eigenvalue weighted by molar-refractivity contribution is 0.0950. The number of pyridine rings is 1. The summed E-state index contributed by atoms with van der Waals surface area (Å²) in [5.41, 5.74) is 3.16. The molecule has 0 aliphatic rings. The highest BCUT2D eigenvalue weighted by atomic mass is 16.1. The molecule has 0 bridgehead atoms. The maximum absolute atomic E-state index is 12.0. The summed E-state index contributed by atoms with van der Waals surface area (Å²) in [4.78, 5) is 27.1. The first-order valence-electron chi connectivity index (χ1n) is 6.95. The quantitative estimate of drug-likeness (QED) is 0.541. The molecule has 0 saturated heterocycles. The van der Waals surface area contributed by atoms with Gasteiger partial charge >= 0.3 is 0 Å². The Hall–Kier alpha value is -3.15. The van der Waals surface area contributed by atoms with Crippen molar-refractivity contribution in [2.75, 3.05) is 0 Å². The van der Waals surface area contributed by atoms with Crippen LogP contribution in [0.3, 0.4) is 0 Å². The molecule has 3 aromatic heterocycles. The van der Waals surface area contributed by atoms with Crippen LogP contribution in [0.4, 0.5) is 0 Å². The van der Waals surface area contributed by atoms with Crippen molar-refractivity contribution in [1.29, 1.82) is 0 Å². The molecule has 0 fully saturated rings. The van der Waals surface area contributed by atoms with Gasteiger partial charge in [0.15, 0.2) is 0 Å². The molecule has 0 radical (unpaired) electrons. The van der Waals surface area contributed by atoms with Crippen molar-refractivity contribution >= 4 is 28.0 Å². The number of aromatic nitrogens is 4. The Morgan fingerprint density at radius 1 is 1.18 bits per heavy atom. The van der Waals surface area contributed by atoms with Crippen LogP contribution in [0.1, 0.15) is 16.2 Å². The molecule has 6 heteroatoms. The second kappa shape index (κ2) is 5.00. The summed E-state index contributed by atoms with van der Waals surface area (Å²) in [6.07, 6.45) is 3.56. The number of nitrogens with zero attached hydrogens (tertiary/aromatic N) is 2. The van der Waals surface area contributed by atoms with Crippen molar-refractivity contribution in [2.24, 2.45) is 0 Å². The predicted octanol–water partition coefficient (Wildman–Crippen LogP) is 2.37. The number of carbonyl (C=O) groups excluding carboxylic acids is 1. The molecule has 108 valence electrons. The minimum absolute atomic E-state index is 0.119. The Morgan fingerprint density at radius 2 is 2.05 bits per heavy atom. The van der Waals surface area contributed by atoms with Gasteiger partial charge in [0.05, 0.1) is 18.3 Å². The summed E-state index contributed by atoms with van der Waals surface area (Å²) in [6.45, 7) is 0.342. The summed E-state index contributed by atoms with van der Waals surface area (Å²) in [7, 11) is 0. The summed E-state index contributed by atoms with van der Waals surface area (Å²) in [5, 5.41) is 3.85. The largest absolute Gasteiger partial charge is 0.346 e. The number of hydrogen-bond acceptors (Lipinski definition) is 3. The van der Waals surface area contributed by atoms with Crippen molar-refractivity contribution in [3.63, 3.8) is 0 Å². The lowest BCUT2D eigenvalue weighted by atomic mass is 10.2. The van der Waals surface area contributed by atoms with E-state index in [2.05, 4.69) is 25.3 Å². The van der Waals surface area contributed by atoms with Crippen LogP contribution in [-0.2, 0) is 6.54 Å². The number of hydrogen-bond donors (Lipinski definition) is 3. The fourth-order valence-corrected chi connectivity index (χ4v) is 2.47. The van der Waals surface area contributed by atoms with Crippen molar-refractivity contribution in [1.82, 2.24) is 25.3 Å². The maximum atomic E-state index is 12.0. The predicted molar refractivity (Wildman–Crippen MR) is 83.4 cm³/mol. The molecule has 0 unspecified atom stereocenters. The Kier molecular flexibility index (Phi) is 2.86. The fraction of sp³-hybridized carbons (Fsp3) is 0.0625. The molecule has 1 amide bonds. The van der Waals surface area contributed by atoms with Crippen LogP contribution in [-0.4, -0.2) is 25.8 Å². The first-order chi connectivity index (χ1) is 10.8. The third kappa shape index (κ3) is 2.10. The molecule has 3 heterocycles. The number of benzene rings is 1. The van der Waals surface area contributed by atoms with Gasteiger partial charge in [-0.15, -0.1) is 0 Å². The molecule has 3 N–H and O–H groups in total. The van der Waals surface area contributed by atoms with Gasteiger partial charge in [-0.2, -0.15) is 0 Å². The van der Waals surface area contributed by atoms with E-state index in [0.717, 1.165) is 22.1 Å².